The van der Waals surface area contributed by atoms with Crippen LogP contribution in [0, 0.1) is 0 Å². The van der Waals surface area contributed by atoms with Crippen molar-refractivity contribution >= 4 is 82.0 Å². The number of likely N-dealkylation sites (tertiary alicyclic amines) is 1. The quantitative estimate of drug-likeness (QED) is 0.0744. The molecule has 49 heavy (non-hydrogen) atoms. The first-order chi connectivity index (χ1) is 23.3. The third-order valence-corrected chi connectivity index (χ3v) is 16.9. The van der Waals surface area contributed by atoms with Crippen molar-refractivity contribution in [3.05, 3.63) is 52.5 Å². The van der Waals surface area contributed by atoms with Crippen LogP contribution in [-0.4, -0.2) is 81.9 Å². The number of thioether (sulfide) groups is 2. The highest BCUT2D eigenvalue weighted by Crippen LogP contribution is 2.52. The molecule has 17 heteroatoms. The molecule has 3 aliphatic heterocycles. The average Bonchev–Trinajstić information content (AvgIpc) is 3.69. The van der Waals surface area contributed by atoms with Crippen molar-refractivity contribution in [1.82, 2.24) is 14.3 Å². The maximum Gasteiger partial charge on any atom is 0.326 e. The number of rotatable bonds is 16. The van der Waals surface area contributed by atoms with Crippen LogP contribution in [0.4, 0.5) is 5.69 Å². The topological polar surface area (TPSA) is 165 Å². The monoisotopic (exact) mass is 790 g/mol. The molecule has 2 saturated heterocycles. The minimum atomic E-state index is -3.86. The Morgan fingerprint density at radius 1 is 1.10 bits per heavy atom. The predicted molar refractivity (Wildman–Crippen MR) is 200 cm³/mol. The van der Waals surface area contributed by atoms with Gasteiger partial charge in [0, 0.05) is 42.1 Å². The van der Waals surface area contributed by atoms with Crippen molar-refractivity contribution in [2.75, 3.05) is 35.7 Å². The molecule has 3 aliphatic rings. The molecule has 0 saturated carbocycles. The molecule has 3 atom stereocenters. The summed E-state index contributed by atoms with van der Waals surface area (Å²) in [4.78, 5) is 37.4. The van der Waals surface area contributed by atoms with Crippen molar-refractivity contribution in [2.24, 2.45) is 0 Å². The first-order valence-corrected chi connectivity index (χ1v) is 23.2. The number of amides is 1. The summed E-state index contributed by atoms with van der Waals surface area (Å²) in [5.41, 5.74) is 2.67. The lowest BCUT2D eigenvalue weighted by atomic mass is 10.1. The van der Waals surface area contributed by atoms with Gasteiger partial charge in [0.15, 0.2) is 0 Å². The fraction of sp³-hybridized carbons (Fsp3) is 0.562. The molecule has 0 bridgehead atoms. The van der Waals surface area contributed by atoms with Gasteiger partial charge in [-0.1, -0.05) is 62.1 Å². The van der Waals surface area contributed by atoms with Crippen LogP contribution in [0.5, 0.6) is 0 Å². The summed E-state index contributed by atoms with van der Waals surface area (Å²) < 4.78 is 44.8. The first-order valence-electron chi connectivity index (χ1n) is 16.5. The minimum absolute atomic E-state index is 0.0114. The zero-order chi connectivity index (χ0) is 35.2. The number of hydrogen-bond donors (Lipinski definition) is 5. The molecule has 3 heterocycles. The summed E-state index contributed by atoms with van der Waals surface area (Å²) in [5.74, 6) is 0.192. The zero-order valence-electron chi connectivity index (χ0n) is 27.4. The Bertz CT molecular complexity index is 1660. The molecule has 0 aliphatic carbocycles. The van der Waals surface area contributed by atoms with Gasteiger partial charge >= 0.3 is 5.97 Å². The third-order valence-electron chi connectivity index (χ3n) is 8.87. The summed E-state index contributed by atoms with van der Waals surface area (Å²) in [6, 6.07) is 9.92. The van der Waals surface area contributed by atoms with Crippen LogP contribution in [0.2, 0.25) is 5.02 Å². The number of carbonyl (C=O) groups is 2. The van der Waals surface area contributed by atoms with Crippen molar-refractivity contribution in [3.8, 4) is 0 Å². The SMILES string of the molecule is CCCCC1NSc2cc(S(=O)(=O)NCc3ccc(CCCCCP(=O)(O)CC(=O)N4CC5(CC4C(=O)O)SCCS5)cc3)c(Cl)cc2N1. The molecule has 0 radical (unpaired) electrons. The minimum Gasteiger partial charge on any atom is -0.480 e. The van der Waals surface area contributed by atoms with Crippen LogP contribution in [0.1, 0.15) is 63.0 Å². The van der Waals surface area contributed by atoms with E-state index in [4.69, 9.17) is 11.6 Å². The highest BCUT2D eigenvalue weighted by molar-refractivity contribution is 8.21. The number of carboxylic acids is 1. The molecule has 1 amide bonds. The number of unbranched alkanes of at least 4 members (excludes halogenated alkanes) is 3. The zero-order valence-corrected chi connectivity index (χ0v) is 32.3. The number of carbonyl (C=O) groups excluding carboxylic acids is 1. The van der Waals surface area contributed by atoms with E-state index < -0.39 is 41.5 Å². The molecule has 270 valence electrons. The molecule has 1 spiro atoms. The van der Waals surface area contributed by atoms with Gasteiger partial charge < -0.3 is 20.2 Å². The van der Waals surface area contributed by atoms with Crippen LogP contribution in [0.3, 0.4) is 0 Å². The summed E-state index contributed by atoms with van der Waals surface area (Å²) in [6.45, 7) is 2.53. The maximum atomic E-state index is 13.1. The van der Waals surface area contributed by atoms with Gasteiger partial charge in [0.2, 0.25) is 23.3 Å². The summed E-state index contributed by atoms with van der Waals surface area (Å²) >= 11 is 11.2. The molecular weight excluding hydrogens is 747 g/mol. The normalized spacial score (nSPS) is 21.3. The smallest absolute Gasteiger partial charge is 0.326 e. The number of aryl methyl sites for hydroxylation is 1. The van der Waals surface area contributed by atoms with E-state index in [0.717, 1.165) is 65.3 Å². The number of anilines is 1. The molecule has 5 N–H and O–H groups in total. The van der Waals surface area contributed by atoms with Gasteiger partial charge in [0.05, 0.1) is 21.0 Å². The first kappa shape index (κ1) is 38.8. The van der Waals surface area contributed by atoms with E-state index in [2.05, 4.69) is 21.7 Å². The van der Waals surface area contributed by atoms with Crippen LogP contribution in [0.15, 0.2) is 46.2 Å². The van der Waals surface area contributed by atoms with Crippen LogP contribution in [-0.2, 0) is 37.1 Å². The lowest BCUT2D eigenvalue weighted by molar-refractivity contribution is -0.147. The number of aliphatic carboxylic acids is 1. The lowest BCUT2D eigenvalue weighted by Crippen LogP contribution is -2.42. The van der Waals surface area contributed by atoms with E-state index in [1.165, 1.54) is 16.8 Å². The van der Waals surface area contributed by atoms with Gasteiger partial charge in [0.1, 0.15) is 17.1 Å². The summed E-state index contributed by atoms with van der Waals surface area (Å²) in [5, 5.41) is 13.2. The Kier molecular flexibility index (Phi) is 13.4. The molecule has 11 nitrogen and oxygen atoms in total. The fourth-order valence-corrected chi connectivity index (χ4v) is 13.4. The van der Waals surface area contributed by atoms with Crippen molar-refractivity contribution in [3.63, 3.8) is 0 Å². The van der Waals surface area contributed by atoms with E-state index in [1.54, 1.807) is 35.7 Å². The van der Waals surface area contributed by atoms with Gasteiger partial charge in [-0.25, -0.2) is 22.7 Å². The molecule has 0 aromatic heterocycles. The number of benzene rings is 2. The number of nitrogens with zero attached hydrogens (tertiary/aromatic N) is 1. The maximum absolute atomic E-state index is 13.1. The Hall–Kier alpha value is -1.42. The highest BCUT2D eigenvalue weighted by Gasteiger charge is 2.51. The molecule has 2 fully saturated rings. The van der Waals surface area contributed by atoms with Crippen molar-refractivity contribution < 1.29 is 32.6 Å². The third kappa shape index (κ3) is 10.3. The van der Waals surface area contributed by atoms with Gasteiger partial charge in [-0.2, -0.15) is 0 Å². The fourth-order valence-electron chi connectivity index (χ4n) is 6.18. The van der Waals surface area contributed by atoms with E-state index in [9.17, 15) is 32.6 Å². The van der Waals surface area contributed by atoms with Gasteiger partial charge in [0.25, 0.3) is 0 Å². The van der Waals surface area contributed by atoms with E-state index in [0.29, 0.717) is 25.8 Å². The number of carboxylic acid groups (broad SMARTS) is 1. The number of halogens is 1. The van der Waals surface area contributed by atoms with Gasteiger partial charge in [-0.3, -0.25) is 9.36 Å². The standard InChI is InChI=1S/C32H44ClN4O7PS4/c1-2-3-8-29-35-25-16-24(33)28(17-27(25)48-36-29)49(43,44)34-19-23-11-9-22(10-12-23)7-5-4-6-13-45(41,42)20-30(38)37-21-32(46-14-15-47-32)18-26(37)31(39)40/h9-12,16-17,26,29,34-36H,2-8,13-15,18-21H2,1H3,(H,39,40)(H,41,42). The highest BCUT2D eigenvalue weighted by atomic mass is 35.5. The second-order valence-electron chi connectivity index (χ2n) is 12.7. The Morgan fingerprint density at radius 2 is 1.82 bits per heavy atom. The Balaban J connectivity index is 1.04. The summed E-state index contributed by atoms with van der Waals surface area (Å²) in [6.07, 6.45) is 5.75. The Morgan fingerprint density at radius 3 is 2.51 bits per heavy atom. The van der Waals surface area contributed by atoms with Crippen molar-refractivity contribution in [2.45, 2.75) is 90.9 Å². The largest absolute Gasteiger partial charge is 0.480 e. The van der Waals surface area contributed by atoms with Gasteiger partial charge in [-0.15, -0.1) is 23.5 Å². The van der Waals surface area contributed by atoms with E-state index >= 15 is 0 Å². The molecule has 3 unspecified atom stereocenters. The van der Waals surface area contributed by atoms with Crippen LogP contribution < -0.4 is 14.8 Å². The Labute approximate surface area is 306 Å². The number of nitrogens with one attached hydrogen (secondary N) is 3. The second-order valence-corrected chi connectivity index (χ2v) is 21.4. The molecular formula is C32H44ClN4O7PS4. The van der Waals surface area contributed by atoms with Crippen molar-refractivity contribution in [1.29, 1.82) is 0 Å². The molecule has 2 aromatic rings. The lowest BCUT2D eigenvalue weighted by Gasteiger charge is -2.28. The van der Waals surface area contributed by atoms with Crippen LogP contribution in [0.25, 0.3) is 0 Å². The van der Waals surface area contributed by atoms with E-state index in [-0.39, 0.29) is 32.9 Å². The number of sulfonamides is 1. The molecule has 2 aromatic carbocycles. The second kappa shape index (κ2) is 16.9. The van der Waals surface area contributed by atoms with Gasteiger partial charge in [-0.05, 0) is 60.9 Å². The summed E-state index contributed by atoms with van der Waals surface area (Å²) in [7, 11) is -7.61. The number of fused-ring (bicyclic) bond motifs is 1. The van der Waals surface area contributed by atoms with Crippen LogP contribution >= 0.6 is 54.4 Å². The number of hydrogen-bond acceptors (Lipinski definition) is 10. The average molecular weight is 791 g/mol. The van der Waals surface area contributed by atoms with E-state index in [1.807, 2.05) is 24.3 Å². The predicted octanol–water partition coefficient (Wildman–Crippen LogP) is 6.20. The molecule has 5 rings (SSSR count).